The van der Waals surface area contributed by atoms with Crippen molar-refractivity contribution in [3.63, 3.8) is 0 Å². The fourth-order valence-corrected chi connectivity index (χ4v) is 5.03. The van der Waals surface area contributed by atoms with Crippen LogP contribution in [0.15, 0.2) is 65.4 Å². The van der Waals surface area contributed by atoms with E-state index in [9.17, 15) is 9.18 Å². The summed E-state index contributed by atoms with van der Waals surface area (Å²) < 4.78 is 24.2. The molecule has 0 radical (unpaired) electrons. The summed E-state index contributed by atoms with van der Waals surface area (Å²) in [6.07, 6.45) is 1.53. The molecule has 1 amide bonds. The highest BCUT2D eigenvalue weighted by Gasteiger charge is 2.15. The predicted octanol–water partition coefficient (Wildman–Crippen LogP) is 7.03. The lowest BCUT2D eigenvalue weighted by atomic mass is 10.2. The number of aromatic nitrogens is 1. The van der Waals surface area contributed by atoms with Gasteiger partial charge in [0.1, 0.15) is 11.4 Å². The molecule has 4 rings (SSSR count). The number of hydrogen-bond donors (Lipinski definition) is 1. The third-order valence-electron chi connectivity index (χ3n) is 4.75. The number of benzene rings is 2. The Morgan fingerprint density at radius 2 is 1.87 bits per heavy atom. The van der Waals surface area contributed by atoms with Gasteiger partial charge in [-0.1, -0.05) is 31.9 Å². The summed E-state index contributed by atoms with van der Waals surface area (Å²) in [4.78, 5) is 12.5. The molecule has 0 fully saturated rings. The second-order valence-electron chi connectivity index (χ2n) is 6.87. The van der Waals surface area contributed by atoms with Gasteiger partial charge in [0.15, 0.2) is 5.76 Å². The standard InChI is InChI=1S/C22H15Br3FN3O2/c1-11-5-14(12(2)29(11)19-4-3-15(23)9-18(19)26)10-27-28-22(30)20-7-13-6-16(24)8-17(25)21(13)31-20/h3-10H,1-2H3,(H,28,30)/b27-10-. The quantitative estimate of drug-likeness (QED) is 0.199. The van der Waals surface area contributed by atoms with Crippen molar-refractivity contribution in [1.82, 2.24) is 9.99 Å². The van der Waals surface area contributed by atoms with E-state index in [-0.39, 0.29) is 11.6 Å². The first-order chi connectivity index (χ1) is 14.7. The van der Waals surface area contributed by atoms with Gasteiger partial charge in [-0.3, -0.25) is 4.79 Å². The summed E-state index contributed by atoms with van der Waals surface area (Å²) in [5, 5.41) is 4.84. The molecule has 0 aliphatic carbocycles. The molecule has 5 nitrogen and oxygen atoms in total. The van der Waals surface area contributed by atoms with E-state index in [4.69, 9.17) is 4.42 Å². The van der Waals surface area contributed by atoms with Crippen LogP contribution in [0.4, 0.5) is 4.39 Å². The third-order valence-corrected chi connectivity index (χ3v) is 6.29. The van der Waals surface area contributed by atoms with Gasteiger partial charge in [-0.05, 0) is 72.2 Å². The van der Waals surface area contributed by atoms with Gasteiger partial charge in [0.25, 0.3) is 0 Å². The van der Waals surface area contributed by atoms with E-state index in [1.807, 2.05) is 32.0 Å². The van der Waals surface area contributed by atoms with Crippen LogP contribution < -0.4 is 5.43 Å². The van der Waals surface area contributed by atoms with Crippen LogP contribution in [0, 0.1) is 19.7 Å². The Bertz CT molecular complexity index is 1360. The Morgan fingerprint density at radius 1 is 1.10 bits per heavy atom. The van der Waals surface area contributed by atoms with Gasteiger partial charge in [0, 0.05) is 31.3 Å². The topological polar surface area (TPSA) is 59.5 Å². The molecule has 0 bridgehead atoms. The van der Waals surface area contributed by atoms with Gasteiger partial charge < -0.3 is 8.98 Å². The summed E-state index contributed by atoms with van der Waals surface area (Å²) in [6, 6.07) is 12.2. The minimum Gasteiger partial charge on any atom is -0.450 e. The van der Waals surface area contributed by atoms with Crippen molar-refractivity contribution in [1.29, 1.82) is 0 Å². The van der Waals surface area contributed by atoms with Crippen molar-refractivity contribution >= 4 is 70.9 Å². The molecule has 2 aromatic heterocycles. The largest absolute Gasteiger partial charge is 0.450 e. The van der Waals surface area contributed by atoms with E-state index in [1.165, 1.54) is 12.3 Å². The maximum Gasteiger partial charge on any atom is 0.307 e. The Morgan fingerprint density at radius 3 is 2.61 bits per heavy atom. The Hall–Kier alpha value is -2.23. The van der Waals surface area contributed by atoms with Gasteiger partial charge in [0.05, 0.1) is 16.4 Å². The lowest BCUT2D eigenvalue weighted by molar-refractivity contribution is 0.0929. The number of hydrogen-bond acceptors (Lipinski definition) is 3. The molecule has 9 heteroatoms. The predicted molar refractivity (Wildman–Crippen MR) is 130 cm³/mol. The average molecular weight is 612 g/mol. The third kappa shape index (κ3) is 4.40. The van der Waals surface area contributed by atoms with Crippen molar-refractivity contribution in [3.8, 4) is 5.69 Å². The molecule has 2 heterocycles. The van der Waals surface area contributed by atoms with Crippen LogP contribution in [0.1, 0.15) is 27.5 Å². The molecule has 0 saturated heterocycles. The van der Waals surface area contributed by atoms with E-state index in [1.54, 1.807) is 22.8 Å². The van der Waals surface area contributed by atoms with Crippen LogP contribution in [-0.2, 0) is 0 Å². The summed E-state index contributed by atoms with van der Waals surface area (Å²) in [5.74, 6) is -0.660. The van der Waals surface area contributed by atoms with Crippen molar-refractivity contribution in [2.75, 3.05) is 0 Å². The first-order valence-corrected chi connectivity index (χ1v) is 11.5. The molecule has 4 aromatic rings. The highest BCUT2D eigenvalue weighted by atomic mass is 79.9. The molecule has 2 aromatic carbocycles. The number of rotatable bonds is 4. The number of hydrazone groups is 1. The maximum absolute atomic E-state index is 14.4. The number of carbonyl (C=O) groups excluding carboxylic acids is 1. The first kappa shape index (κ1) is 22.0. The zero-order valence-electron chi connectivity index (χ0n) is 16.3. The van der Waals surface area contributed by atoms with Crippen LogP contribution in [0.2, 0.25) is 0 Å². The van der Waals surface area contributed by atoms with Crippen LogP contribution in [0.25, 0.3) is 16.7 Å². The van der Waals surface area contributed by atoms with Crippen molar-refractivity contribution in [3.05, 3.63) is 84.4 Å². The number of amides is 1. The maximum atomic E-state index is 14.4. The molecule has 1 N–H and O–H groups in total. The highest BCUT2D eigenvalue weighted by molar-refractivity contribution is 9.11. The normalized spacial score (nSPS) is 11.5. The van der Waals surface area contributed by atoms with Gasteiger partial charge in [-0.15, -0.1) is 0 Å². The zero-order chi connectivity index (χ0) is 22.3. The van der Waals surface area contributed by atoms with Gasteiger partial charge in [-0.2, -0.15) is 5.10 Å². The highest BCUT2D eigenvalue weighted by Crippen LogP contribution is 2.31. The number of nitrogens with one attached hydrogen (secondary N) is 1. The number of fused-ring (bicyclic) bond motifs is 1. The van der Waals surface area contributed by atoms with E-state index < -0.39 is 5.91 Å². The van der Waals surface area contributed by atoms with E-state index in [2.05, 4.69) is 58.3 Å². The average Bonchev–Trinajstić information content (AvgIpc) is 3.24. The molecular formula is C22H15Br3FN3O2. The van der Waals surface area contributed by atoms with Crippen LogP contribution >= 0.6 is 47.8 Å². The minimum atomic E-state index is -0.469. The van der Waals surface area contributed by atoms with Crippen LogP contribution in [0.5, 0.6) is 0 Å². The molecule has 0 aliphatic heterocycles. The molecule has 0 spiro atoms. The fraction of sp³-hybridized carbons (Fsp3) is 0.0909. The Labute approximate surface area is 202 Å². The van der Waals surface area contributed by atoms with Crippen LogP contribution in [-0.4, -0.2) is 16.7 Å². The second-order valence-corrected chi connectivity index (χ2v) is 9.56. The minimum absolute atomic E-state index is 0.147. The van der Waals surface area contributed by atoms with E-state index in [0.29, 0.717) is 15.7 Å². The van der Waals surface area contributed by atoms with Crippen molar-refractivity contribution < 1.29 is 13.6 Å². The molecular weight excluding hydrogens is 597 g/mol. The Kier molecular flexibility index (Phi) is 6.18. The lowest BCUT2D eigenvalue weighted by Crippen LogP contribution is -2.16. The monoisotopic (exact) mass is 609 g/mol. The van der Waals surface area contributed by atoms with E-state index in [0.717, 1.165) is 31.3 Å². The SMILES string of the molecule is Cc1cc(/C=N\NC(=O)c2cc3cc(Br)cc(Br)c3o2)c(C)n1-c1ccc(Br)cc1F. The number of nitrogens with zero attached hydrogens (tertiary/aromatic N) is 2. The van der Waals surface area contributed by atoms with Crippen molar-refractivity contribution in [2.24, 2.45) is 5.10 Å². The summed E-state index contributed by atoms with van der Waals surface area (Å²) in [5.41, 5.74) is 5.91. The smallest absolute Gasteiger partial charge is 0.307 e. The fourth-order valence-electron chi connectivity index (χ4n) is 3.35. The lowest BCUT2D eigenvalue weighted by Gasteiger charge is -2.11. The number of halogens is 4. The van der Waals surface area contributed by atoms with E-state index >= 15 is 0 Å². The van der Waals surface area contributed by atoms with Gasteiger partial charge >= 0.3 is 5.91 Å². The van der Waals surface area contributed by atoms with Gasteiger partial charge in [0.2, 0.25) is 0 Å². The van der Waals surface area contributed by atoms with Crippen LogP contribution in [0.3, 0.4) is 0 Å². The molecule has 31 heavy (non-hydrogen) atoms. The number of carbonyl (C=O) groups is 1. The summed E-state index contributed by atoms with van der Waals surface area (Å²) >= 11 is 10.1. The van der Waals surface area contributed by atoms with Crippen molar-refractivity contribution in [2.45, 2.75) is 13.8 Å². The summed E-state index contributed by atoms with van der Waals surface area (Å²) in [6.45, 7) is 3.75. The summed E-state index contributed by atoms with van der Waals surface area (Å²) in [7, 11) is 0. The number of furan rings is 1. The first-order valence-electron chi connectivity index (χ1n) is 9.11. The molecule has 0 aliphatic rings. The number of aryl methyl sites for hydroxylation is 1. The molecule has 158 valence electrons. The molecule has 0 atom stereocenters. The second kappa shape index (κ2) is 8.72. The molecule has 0 unspecified atom stereocenters. The molecule has 0 saturated carbocycles. The zero-order valence-corrected chi connectivity index (χ0v) is 21.1. The van der Waals surface area contributed by atoms with Gasteiger partial charge in [-0.25, -0.2) is 9.82 Å². The Balaban J connectivity index is 1.56.